The van der Waals surface area contributed by atoms with Crippen molar-refractivity contribution < 1.29 is 32.7 Å². The molecule has 0 atom stereocenters. The van der Waals surface area contributed by atoms with Crippen LogP contribution in [0.4, 0.5) is 0 Å². The molecule has 0 heterocycles. The second kappa shape index (κ2) is 15.9. The molecule has 0 aromatic carbocycles. The summed E-state index contributed by atoms with van der Waals surface area (Å²) in [7, 11) is 15.2. The van der Waals surface area contributed by atoms with Crippen molar-refractivity contribution in [1.29, 1.82) is 0 Å². The lowest BCUT2D eigenvalue weighted by atomic mass is 9.70. The van der Waals surface area contributed by atoms with Crippen LogP contribution in [0.15, 0.2) is 0 Å². The summed E-state index contributed by atoms with van der Waals surface area (Å²) in [5, 5.41) is 0. The van der Waals surface area contributed by atoms with Gasteiger partial charge < -0.3 is 32.7 Å². The minimum absolute atomic E-state index is 0.358. The van der Waals surface area contributed by atoms with E-state index in [0.29, 0.717) is 50.6 Å². The molecule has 0 aliphatic rings. The van der Waals surface area contributed by atoms with E-state index in [1.54, 1.807) is 0 Å². The summed E-state index contributed by atoms with van der Waals surface area (Å²) in [6, 6.07) is 2.00. The summed E-state index contributed by atoms with van der Waals surface area (Å²) < 4.78 is 11.7. The Hall–Kier alpha value is -0.0100. The maximum atomic E-state index is 8.55. The number of hydrogen-bond donors (Lipinski definition) is 0. The van der Waals surface area contributed by atoms with Gasteiger partial charge in [0.25, 0.3) is 0 Å². The molecular formula is C36H84N3O4P. The molecule has 0 saturated carbocycles. The quantitative estimate of drug-likeness (QED) is 0.253. The lowest BCUT2D eigenvalue weighted by Gasteiger charge is -2.49. The van der Waals surface area contributed by atoms with Crippen LogP contribution in [-0.2, 0) is 4.57 Å². The molecule has 0 amide bonds. The van der Waals surface area contributed by atoms with Crippen molar-refractivity contribution >= 4 is 7.82 Å². The molecule has 272 valence electrons. The molecule has 0 unspecified atom stereocenters. The van der Waals surface area contributed by atoms with Gasteiger partial charge in [-0.1, -0.05) is 125 Å². The molecule has 0 aromatic heterocycles. The van der Waals surface area contributed by atoms with E-state index in [2.05, 4.69) is 188 Å². The molecule has 0 fully saturated rings. The largest absolute Gasteiger partial charge is 0.822 e. The van der Waals surface area contributed by atoms with Gasteiger partial charge in [-0.3, -0.25) is 0 Å². The number of quaternary nitrogens is 3. The minimum Gasteiger partial charge on any atom is -0.822 e. The fourth-order valence-corrected chi connectivity index (χ4v) is 10.9. The topological polar surface area (TPSA) is 86.2 Å². The van der Waals surface area contributed by atoms with Crippen LogP contribution in [0.1, 0.15) is 125 Å². The Kier molecular flexibility index (Phi) is 18.4. The highest BCUT2D eigenvalue weighted by Crippen LogP contribution is 2.40. The zero-order valence-electron chi connectivity index (χ0n) is 35.2. The third kappa shape index (κ3) is 24.2. The van der Waals surface area contributed by atoms with Crippen LogP contribution >= 0.6 is 7.82 Å². The average Bonchev–Trinajstić information content (AvgIpc) is 2.37. The highest BCUT2D eigenvalue weighted by atomic mass is 31.2. The predicted molar refractivity (Wildman–Crippen MR) is 190 cm³/mol. The van der Waals surface area contributed by atoms with Crippen LogP contribution in [0.5, 0.6) is 0 Å². The first-order valence-electron chi connectivity index (χ1n) is 16.3. The van der Waals surface area contributed by atoms with E-state index in [9.17, 15) is 0 Å². The van der Waals surface area contributed by atoms with Crippen molar-refractivity contribution in [3.8, 4) is 0 Å². The van der Waals surface area contributed by atoms with E-state index in [1.807, 2.05) is 0 Å². The molecule has 8 heteroatoms. The SMILES string of the molecule is CC(C)(C)C(C(C)(C)C)[N+](C)(C)C.CC(C)(C)C(C(C)(C)C)[N+](C)(C)C.CC(C)(C)C(C(C)(C)C)[N+](C)(C)C.O=P([O-])([O-])[O-]. The van der Waals surface area contributed by atoms with Gasteiger partial charge >= 0.3 is 0 Å². The van der Waals surface area contributed by atoms with Crippen molar-refractivity contribution in [1.82, 2.24) is 0 Å². The highest BCUT2D eigenvalue weighted by Gasteiger charge is 2.46. The Morgan fingerprint density at radius 2 is 0.409 bits per heavy atom. The van der Waals surface area contributed by atoms with E-state index >= 15 is 0 Å². The molecule has 0 saturated heterocycles. The molecule has 0 rings (SSSR count). The van der Waals surface area contributed by atoms with Gasteiger partial charge in [0.15, 0.2) is 0 Å². The predicted octanol–water partition coefficient (Wildman–Crippen LogP) is 6.64. The molecular weight excluding hydrogens is 569 g/mol. The summed E-state index contributed by atoms with van der Waals surface area (Å²) >= 11 is 0. The highest BCUT2D eigenvalue weighted by molar-refractivity contribution is 7.40. The van der Waals surface area contributed by atoms with Crippen molar-refractivity contribution in [3.63, 3.8) is 0 Å². The summed E-state index contributed by atoms with van der Waals surface area (Å²) in [6.45, 7) is 42.1. The third-order valence-corrected chi connectivity index (χ3v) is 7.25. The van der Waals surface area contributed by atoms with Gasteiger partial charge in [-0.15, -0.1) is 0 Å². The molecule has 0 aliphatic heterocycles. The van der Waals surface area contributed by atoms with E-state index in [-0.39, 0.29) is 0 Å². The van der Waals surface area contributed by atoms with Gasteiger partial charge in [-0.25, -0.2) is 0 Å². The fraction of sp³-hybridized carbons (Fsp3) is 1.00. The normalized spacial score (nSPS) is 14.8. The molecule has 7 nitrogen and oxygen atoms in total. The summed E-state index contributed by atoms with van der Waals surface area (Å²) in [5.41, 5.74) is 2.15. The monoisotopic (exact) mass is 654 g/mol. The molecule has 44 heavy (non-hydrogen) atoms. The van der Waals surface area contributed by atoms with Crippen LogP contribution in [-0.4, -0.2) is 95.0 Å². The van der Waals surface area contributed by atoms with Gasteiger partial charge in [0.05, 0.1) is 81.6 Å². The van der Waals surface area contributed by atoms with E-state index in [0.717, 1.165) is 13.4 Å². The van der Waals surface area contributed by atoms with Crippen LogP contribution in [0.25, 0.3) is 0 Å². The number of phosphoric acid groups is 1. The lowest BCUT2D eigenvalue weighted by molar-refractivity contribution is -0.911. The van der Waals surface area contributed by atoms with Crippen LogP contribution < -0.4 is 14.7 Å². The van der Waals surface area contributed by atoms with Crippen LogP contribution in [0, 0.1) is 32.5 Å². The van der Waals surface area contributed by atoms with Crippen molar-refractivity contribution in [2.75, 3.05) is 63.4 Å². The Labute approximate surface area is 278 Å². The smallest absolute Gasteiger partial charge is 0.0981 e. The molecule has 0 N–H and O–H groups in total. The maximum absolute atomic E-state index is 8.55. The van der Waals surface area contributed by atoms with Crippen molar-refractivity contribution in [3.05, 3.63) is 0 Å². The molecule has 0 spiro atoms. The molecule has 0 aromatic rings. The second-order valence-corrected chi connectivity index (χ2v) is 23.1. The first kappa shape index (κ1) is 50.8. The summed E-state index contributed by atoms with van der Waals surface area (Å²) in [6.07, 6.45) is 0. The minimum atomic E-state index is -5.39. The van der Waals surface area contributed by atoms with Crippen LogP contribution in [0.2, 0.25) is 0 Å². The maximum Gasteiger partial charge on any atom is 0.0981 e. The van der Waals surface area contributed by atoms with Gasteiger partial charge in [0.1, 0.15) is 0 Å². The Morgan fingerprint density at radius 3 is 0.409 bits per heavy atom. The number of nitrogens with zero attached hydrogens (tertiary/aromatic N) is 3. The summed E-state index contributed by atoms with van der Waals surface area (Å²) in [5.74, 6) is 0. The molecule has 0 aliphatic carbocycles. The first-order valence-corrected chi connectivity index (χ1v) is 17.7. The second-order valence-electron chi connectivity index (χ2n) is 22.2. The van der Waals surface area contributed by atoms with Crippen molar-refractivity contribution in [2.45, 2.75) is 143 Å². The first-order chi connectivity index (χ1) is 18.1. The van der Waals surface area contributed by atoms with Gasteiger partial charge in [0, 0.05) is 32.5 Å². The van der Waals surface area contributed by atoms with Gasteiger partial charge in [-0.2, -0.15) is 7.82 Å². The van der Waals surface area contributed by atoms with Crippen LogP contribution in [0.3, 0.4) is 0 Å². The molecule has 0 bridgehead atoms. The summed E-state index contributed by atoms with van der Waals surface area (Å²) in [4.78, 5) is 25.6. The van der Waals surface area contributed by atoms with E-state index in [1.165, 1.54) is 0 Å². The van der Waals surface area contributed by atoms with Crippen molar-refractivity contribution in [2.24, 2.45) is 32.5 Å². The Balaban J connectivity index is -0.000000253. The van der Waals surface area contributed by atoms with E-state index in [4.69, 9.17) is 19.2 Å². The lowest BCUT2D eigenvalue weighted by Crippen LogP contribution is -2.58. The standard InChI is InChI=1S/3C12H28N.H3O4P/c3*1-11(2,3)10(12(4,5)6)13(7,8)9;1-5(2,3)4/h3*10H,1-9H3;(H3,1,2,3,4)/q3*+1;/p-3. The zero-order valence-corrected chi connectivity index (χ0v) is 36.0. The molecule has 0 radical (unpaired) electrons. The third-order valence-electron chi connectivity index (χ3n) is 7.25. The zero-order chi connectivity index (χ0) is 37.7. The van der Waals surface area contributed by atoms with Gasteiger partial charge in [-0.05, 0) is 0 Å². The van der Waals surface area contributed by atoms with E-state index < -0.39 is 7.82 Å². The number of rotatable bonds is 3. The number of hydrogen-bond acceptors (Lipinski definition) is 4. The Morgan fingerprint density at radius 1 is 0.341 bits per heavy atom. The Bertz CT molecular complexity index is 639. The average molecular weight is 654 g/mol. The van der Waals surface area contributed by atoms with Gasteiger partial charge in [0.2, 0.25) is 0 Å². The fourth-order valence-electron chi connectivity index (χ4n) is 10.9.